The number of thiophene rings is 1. The third kappa shape index (κ3) is 3.38. The number of hydrogen-bond donors (Lipinski definition) is 0. The van der Waals surface area contributed by atoms with Gasteiger partial charge in [0.1, 0.15) is 11.5 Å². The van der Waals surface area contributed by atoms with Crippen molar-refractivity contribution in [1.82, 2.24) is 4.90 Å². The average Bonchev–Trinajstić information content (AvgIpc) is 3.21. The highest BCUT2D eigenvalue weighted by Gasteiger charge is 2.33. The van der Waals surface area contributed by atoms with Crippen molar-refractivity contribution in [2.75, 3.05) is 20.8 Å². The van der Waals surface area contributed by atoms with Crippen LogP contribution in [0.2, 0.25) is 0 Å². The van der Waals surface area contributed by atoms with Crippen LogP contribution in [0.4, 0.5) is 0 Å². The fourth-order valence-corrected chi connectivity index (χ4v) is 4.64. The van der Waals surface area contributed by atoms with Crippen molar-refractivity contribution < 1.29 is 14.3 Å². The molecule has 0 fully saturated rings. The summed E-state index contributed by atoms with van der Waals surface area (Å²) in [7, 11) is 3.19. The number of rotatable bonds is 4. The van der Waals surface area contributed by atoms with E-state index < -0.39 is 0 Å². The first kappa shape index (κ1) is 18.6. The molecule has 3 aromatic rings. The number of hydrogen-bond acceptors (Lipinski definition) is 4. The van der Waals surface area contributed by atoms with Crippen LogP contribution in [-0.2, 0) is 6.42 Å². The molecule has 1 aromatic heterocycles. The van der Waals surface area contributed by atoms with E-state index in [4.69, 9.17) is 9.47 Å². The van der Waals surface area contributed by atoms with Crippen molar-refractivity contribution in [1.29, 1.82) is 0 Å². The van der Waals surface area contributed by atoms with Crippen LogP contribution < -0.4 is 9.47 Å². The van der Waals surface area contributed by atoms with Gasteiger partial charge in [-0.25, -0.2) is 0 Å². The molecule has 28 heavy (non-hydrogen) atoms. The maximum absolute atomic E-state index is 13.5. The van der Waals surface area contributed by atoms with Crippen LogP contribution in [0.25, 0.3) is 0 Å². The lowest BCUT2D eigenvalue weighted by Gasteiger charge is -2.36. The number of aryl methyl sites for hydroxylation is 1. The highest BCUT2D eigenvalue weighted by Crippen LogP contribution is 2.39. The summed E-state index contributed by atoms with van der Waals surface area (Å²) in [4.78, 5) is 16.9. The van der Waals surface area contributed by atoms with Crippen molar-refractivity contribution in [3.05, 3.63) is 81.0 Å². The molecule has 1 aliphatic heterocycles. The van der Waals surface area contributed by atoms with Gasteiger partial charge in [-0.2, -0.15) is 0 Å². The zero-order valence-corrected chi connectivity index (χ0v) is 17.1. The monoisotopic (exact) mass is 393 g/mol. The van der Waals surface area contributed by atoms with E-state index in [9.17, 15) is 4.79 Å². The van der Waals surface area contributed by atoms with E-state index in [1.165, 1.54) is 16.0 Å². The van der Waals surface area contributed by atoms with E-state index in [0.29, 0.717) is 23.6 Å². The highest BCUT2D eigenvalue weighted by atomic mass is 32.1. The molecular formula is C23H23NO3S. The van der Waals surface area contributed by atoms with E-state index in [-0.39, 0.29) is 11.9 Å². The standard InChI is InChI=1S/C23H23NO3S/c1-15-4-6-16(7-5-15)22-20-9-11-28-21(20)8-10-24(22)23(25)17-12-18(26-2)14-19(13-17)27-3/h4-7,9,11-14,22H,8,10H2,1-3H3/t22-/m0/s1. The summed E-state index contributed by atoms with van der Waals surface area (Å²) in [5, 5.41) is 2.12. The number of benzene rings is 2. The Morgan fingerprint density at radius 3 is 2.36 bits per heavy atom. The first-order valence-corrected chi connectivity index (χ1v) is 10.2. The van der Waals surface area contributed by atoms with Gasteiger partial charge in [-0.3, -0.25) is 4.79 Å². The normalized spacial score (nSPS) is 15.8. The molecular weight excluding hydrogens is 370 g/mol. The van der Waals surface area contributed by atoms with Gasteiger partial charge < -0.3 is 14.4 Å². The molecule has 0 N–H and O–H groups in total. The summed E-state index contributed by atoms with van der Waals surface area (Å²) >= 11 is 1.77. The Hall–Kier alpha value is -2.79. The second kappa shape index (κ2) is 7.68. The molecule has 0 spiro atoms. The summed E-state index contributed by atoms with van der Waals surface area (Å²) in [5.41, 5.74) is 4.14. The van der Waals surface area contributed by atoms with Gasteiger partial charge in [0.15, 0.2) is 0 Å². The zero-order valence-electron chi connectivity index (χ0n) is 16.3. The summed E-state index contributed by atoms with van der Waals surface area (Å²) in [6.45, 7) is 2.76. The molecule has 5 heteroatoms. The molecule has 0 saturated heterocycles. The second-order valence-corrected chi connectivity index (χ2v) is 7.96. The number of amides is 1. The number of methoxy groups -OCH3 is 2. The molecule has 2 aromatic carbocycles. The van der Waals surface area contributed by atoms with Crippen molar-refractivity contribution in [2.45, 2.75) is 19.4 Å². The van der Waals surface area contributed by atoms with Crippen molar-refractivity contribution in [2.24, 2.45) is 0 Å². The molecule has 0 saturated carbocycles. The smallest absolute Gasteiger partial charge is 0.254 e. The minimum Gasteiger partial charge on any atom is -0.497 e. The number of ether oxygens (including phenoxy) is 2. The molecule has 0 aliphatic carbocycles. The number of fused-ring (bicyclic) bond motifs is 1. The fraction of sp³-hybridized carbons (Fsp3) is 0.261. The third-order valence-electron chi connectivity index (χ3n) is 5.22. The zero-order chi connectivity index (χ0) is 19.7. The van der Waals surface area contributed by atoms with E-state index >= 15 is 0 Å². The molecule has 0 radical (unpaired) electrons. The highest BCUT2D eigenvalue weighted by molar-refractivity contribution is 7.10. The van der Waals surface area contributed by atoms with Gasteiger partial charge in [-0.1, -0.05) is 29.8 Å². The molecule has 1 atom stereocenters. The first-order valence-electron chi connectivity index (χ1n) is 9.27. The molecule has 2 heterocycles. The van der Waals surface area contributed by atoms with Crippen LogP contribution in [0, 0.1) is 6.92 Å². The summed E-state index contributed by atoms with van der Waals surface area (Å²) < 4.78 is 10.7. The number of nitrogens with zero attached hydrogens (tertiary/aromatic N) is 1. The molecule has 4 rings (SSSR count). The third-order valence-corrected chi connectivity index (χ3v) is 6.21. The lowest BCUT2D eigenvalue weighted by Crippen LogP contribution is -2.40. The van der Waals surface area contributed by atoms with Gasteiger partial charge in [0.05, 0.1) is 20.3 Å². The minimum absolute atomic E-state index is 0.0142. The number of carbonyl (C=O) groups is 1. The van der Waals surface area contributed by atoms with Crippen LogP contribution in [0.5, 0.6) is 11.5 Å². The van der Waals surface area contributed by atoms with Gasteiger partial charge in [-0.05, 0) is 48.1 Å². The Bertz CT molecular complexity index is 971. The first-order chi connectivity index (χ1) is 13.6. The average molecular weight is 394 g/mol. The Balaban J connectivity index is 1.77. The fourth-order valence-electron chi connectivity index (χ4n) is 3.74. The molecule has 144 valence electrons. The van der Waals surface area contributed by atoms with E-state index in [1.807, 2.05) is 4.90 Å². The molecule has 1 amide bonds. The minimum atomic E-state index is -0.0831. The SMILES string of the molecule is COc1cc(OC)cc(C(=O)N2CCc3sccc3[C@@H]2c2ccc(C)cc2)c1. The van der Waals surface area contributed by atoms with Crippen LogP contribution in [0.1, 0.15) is 38.0 Å². The van der Waals surface area contributed by atoms with E-state index in [1.54, 1.807) is 43.8 Å². The summed E-state index contributed by atoms with van der Waals surface area (Å²) in [6.07, 6.45) is 0.877. The summed E-state index contributed by atoms with van der Waals surface area (Å²) in [5.74, 6) is 1.21. The maximum atomic E-state index is 13.5. The van der Waals surface area contributed by atoms with Gasteiger partial charge in [-0.15, -0.1) is 11.3 Å². The largest absolute Gasteiger partial charge is 0.497 e. The van der Waals surface area contributed by atoms with Crippen molar-refractivity contribution in [3.8, 4) is 11.5 Å². The predicted molar refractivity (Wildman–Crippen MR) is 112 cm³/mol. The van der Waals surface area contributed by atoms with Gasteiger partial charge in [0, 0.05) is 23.1 Å². The lowest BCUT2D eigenvalue weighted by atomic mass is 9.92. The second-order valence-electron chi connectivity index (χ2n) is 6.96. The van der Waals surface area contributed by atoms with Crippen LogP contribution in [-0.4, -0.2) is 31.6 Å². The molecule has 4 nitrogen and oxygen atoms in total. The Morgan fingerprint density at radius 2 is 1.71 bits per heavy atom. The summed E-state index contributed by atoms with van der Waals surface area (Å²) in [6, 6.07) is 15.9. The topological polar surface area (TPSA) is 38.8 Å². The maximum Gasteiger partial charge on any atom is 0.254 e. The molecule has 1 aliphatic rings. The number of carbonyl (C=O) groups excluding carboxylic acids is 1. The Morgan fingerprint density at radius 1 is 1.04 bits per heavy atom. The van der Waals surface area contributed by atoms with E-state index in [0.717, 1.165) is 12.0 Å². The van der Waals surface area contributed by atoms with Gasteiger partial charge in [0.25, 0.3) is 5.91 Å². The van der Waals surface area contributed by atoms with E-state index in [2.05, 4.69) is 42.6 Å². The van der Waals surface area contributed by atoms with Crippen LogP contribution >= 0.6 is 11.3 Å². The Labute approximate surface area is 169 Å². The molecule has 0 bridgehead atoms. The quantitative estimate of drug-likeness (QED) is 0.635. The molecule has 0 unspecified atom stereocenters. The van der Waals surface area contributed by atoms with Crippen LogP contribution in [0.15, 0.2) is 53.9 Å². The Kier molecular flexibility index (Phi) is 5.09. The predicted octanol–water partition coefficient (Wildman–Crippen LogP) is 4.86. The van der Waals surface area contributed by atoms with Crippen molar-refractivity contribution >= 4 is 17.2 Å². The van der Waals surface area contributed by atoms with Gasteiger partial charge >= 0.3 is 0 Å². The van der Waals surface area contributed by atoms with Gasteiger partial charge in [0.2, 0.25) is 0 Å². The van der Waals surface area contributed by atoms with Crippen LogP contribution in [0.3, 0.4) is 0 Å². The lowest BCUT2D eigenvalue weighted by molar-refractivity contribution is 0.0695. The van der Waals surface area contributed by atoms with Crippen molar-refractivity contribution in [3.63, 3.8) is 0 Å².